The summed E-state index contributed by atoms with van der Waals surface area (Å²) in [6, 6.07) is 5.84. The smallest absolute Gasteiger partial charge is 0.234 e. The third-order valence-corrected chi connectivity index (χ3v) is 3.89. The van der Waals surface area contributed by atoms with Gasteiger partial charge in [0.05, 0.1) is 6.04 Å². The minimum Gasteiger partial charge on any atom is -0.368 e. The van der Waals surface area contributed by atoms with Gasteiger partial charge in [0, 0.05) is 32.4 Å². The van der Waals surface area contributed by atoms with Crippen LogP contribution in [-0.2, 0) is 4.79 Å². The highest BCUT2D eigenvalue weighted by Gasteiger charge is 2.27. The quantitative estimate of drug-likeness (QED) is 0.849. The first-order valence-electron chi connectivity index (χ1n) is 7.41. The zero-order valence-corrected chi connectivity index (χ0v) is 12.2. The minimum atomic E-state index is -0.190. The number of aromatic nitrogens is 1. The molecule has 1 aliphatic rings. The summed E-state index contributed by atoms with van der Waals surface area (Å²) < 4.78 is 0. The Bertz CT molecular complexity index is 415. The van der Waals surface area contributed by atoms with E-state index in [1.54, 1.807) is 0 Å². The Kier molecular flexibility index (Phi) is 5.35. The number of nitrogens with zero attached hydrogens (tertiary/aromatic N) is 3. The van der Waals surface area contributed by atoms with Crippen molar-refractivity contribution < 1.29 is 4.79 Å². The van der Waals surface area contributed by atoms with E-state index in [2.05, 4.69) is 21.7 Å². The number of primary amides is 1. The molecule has 5 heteroatoms. The first-order chi connectivity index (χ1) is 9.72. The number of hydrogen-bond donors (Lipinski definition) is 1. The van der Waals surface area contributed by atoms with Crippen molar-refractivity contribution in [3.63, 3.8) is 0 Å². The number of rotatable bonds is 6. The standard InChI is InChI=1S/C15H24N4O/c1-2-3-6-13(15(16)20)18-9-11-19(12-10-18)14-7-4-5-8-17-14/h4-5,7-8,13H,2-3,6,9-12H2,1H3,(H2,16,20). The molecule has 1 aromatic rings. The second kappa shape index (κ2) is 7.24. The number of unbranched alkanes of at least 4 members (excludes halogenated alkanes) is 1. The van der Waals surface area contributed by atoms with Crippen LogP contribution in [0, 0.1) is 0 Å². The van der Waals surface area contributed by atoms with E-state index in [1.807, 2.05) is 24.4 Å². The largest absolute Gasteiger partial charge is 0.368 e. The number of pyridine rings is 1. The third-order valence-electron chi connectivity index (χ3n) is 3.89. The molecule has 0 saturated carbocycles. The molecule has 0 aliphatic carbocycles. The number of carbonyl (C=O) groups is 1. The van der Waals surface area contributed by atoms with Crippen LogP contribution in [0.4, 0.5) is 5.82 Å². The Balaban J connectivity index is 1.91. The summed E-state index contributed by atoms with van der Waals surface area (Å²) in [5, 5.41) is 0. The van der Waals surface area contributed by atoms with E-state index < -0.39 is 0 Å². The number of hydrogen-bond acceptors (Lipinski definition) is 4. The van der Waals surface area contributed by atoms with Gasteiger partial charge in [0.15, 0.2) is 0 Å². The number of nitrogens with two attached hydrogens (primary N) is 1. The lowest BCUT2D eigenvalue weighted by Gasteiger charge is -2.38. The Morgan fingerprint density at radius 1 is 1.35 bits per heavy atom. The monoisotopic (exact) mass is 276 g/mol. The van der Waals surface area contributed by atoms with Crippen LogP contribution < -0.4 is 10.6 Å². The zero-order chi connectivity index (χ0) is 14.4. The van der Waals surface area contributed by atoms with Gasteiger partial charge in [-0.15, -0.1) is 0 Å². The van der Waals surface area contributed by atoms with E-state index in [1.165, 1.54) is 0 Å². The van der Waals surface area contributed by atoms with Crippen LogP contribution in [0.3, 0.4) is 0 Å². The molecule has 5 nitrogen and oxygen atoms in total. The lowest BCUT2D eigenvalue weighted by atomic mass is 10.1. The van der Waals surface area contributed by atoms with E-state index >= 15 is 0 Å². The Hall–Kier alpha value is -1.62. The maximum Gasteiger partial charge on any atom is 0.234 e. The van der Waals surface area contributed by atoms with Gasteiger partial charge in [0.1, 0.15) is 5.82 Å². The first kappa shape index (κ1) is 14.8. The van der Waals surface area contributed by atoms with Crippen molar-refractivity contribution in [2.75, 3.05) is 31.1 Å². The maximum absolute atomic E-state index is 11.6. The fourth-order valence-corrected chi connectivity index (χ4v) is 2.71. The molecule has 0 aromatic carbocycles. The lowest BCUT2D eigenvalue weighted by molar-refractivity contribution is -0.123. The Labute approximate surface area is 120 Å². The molecule has 2 rings (SSSR count). The summed E-state index contributed by atoms with van der Waals surface area (Å²) in [6.07, 6.45) is 4.83. The van der Waals surface area contributed by atoms with E-state index in [0.29, 0.717) is 0 Å². The normalized spacial score (nSPS) is 17.9. The molecule has 2 heterocycles. The van der Waals surface area contributed by atoms with E-state index in [-0.39, 0.29) is 11.9 Å². The molecule has 0 radical (unpaired) electrons. The molecule has 1 aromatic heterocycles. The summed E-state index contributed by atoms with van der Waals surface area (Å²) in [5.41, 5.74) is 5.55. The third kappa shape index (κ3) is 3.70. The molecular weight excluding hydrogens is 252 g/mol. The Morgan fingerprint density at radius 3 is 2.65 bits per heavy atom. The number of amides is 1. The maximum atomic E-state index is 11.6. The average molecular weight is 276 g/mol. The van der Waals surface area contributed by atoms with Gasteiger partial charge in [-0.3, -0.25) is 9.69 Å². The van der Waals surface area contributed by atoms with Gasteiger partial charge < -0.3 is 10.6 Å². The van der Waals surface area contributed by atoms with E-state index in [9.17, 15) is 4.79 Å². The topological polar surface area (TPSA) is 62.5 Å². The average Bonchev–Trinajstić information content (AvgIpc) is 2.49. The van der Waals surface area contributed by atoms with Crippen molar-refractivity contribution in [2.24, 2.45) is 5.73 Å². The van der Waals surface area contributed by atoms with Crippen LogP contribution in [0.2, 0.25) is 0 Å². The molecule has 1 amide bonds. The van der Waals surface area contributed by atoms with Crippen molar-refractivity contribution in [3.05, 3.63) is 24.4 Å². The lowest BCUT2D eigenvalue weighted by Crippen LogP contribution is -2.54. The molecule has 20 heavy (non-hydrogen) atoms. The molecule has 1 aliphatic heterocycles. The van der Waals surface area contributed by atoms with E-state index in [0.717, 1.165) is 51.3 Å². The number of anilines is 1. The first-order valence-corrected chi connectivity index (χ1v) is 7.41. The van der Waals surface area contributed by atoms with Gasteiger partial charge in [-0.05, 0) is 18.6 Å². The van der Waals surface area contributed by atoms with Crippen molar-refractivity contribution in [3.8, 4) is 0 Å². The molecular formula is C15H24N4O. The molecule has 1 unspecified atom stereocenters. The summed E-state index contributed by atoms with van der Waals surface area (Å²) in [4.78, 5) is 20.5. The van der Waals surface area contributed by atoms with Crippen LogP contribution >= 0.6 is 0 Å². The summed E-state index contributed by atoms with van der Waals surface area (Å²) in [6.45, 7) is 5.67. The van der Waals surface area contributed by atoms with Crippen LogP contribution in [0.15, 0.2) is 24.4 Å². The fraction of sp³-hybridized carbons (Fsp3) is 0.600. The van der Waals surface area contributed by atoms with Gasteiger partial charge in [-0.1, -0.05) is 25.8 Å². The summed E-state index contributed by atoms with van der Waals surface area (Å²) >= 11 is 0. The zero-order valence-electron chi connectivity index (χ0n) is 12.2. The molecule has 1 saturated heterocycles. The Morgan fingerprint density at radius 2 is 2.10 bits per heavy atom. The second-order valence-corrected chi connectivity index (χ2v) is 5.27. The van der Waals surface area contributed by atoms with Gasteiger partial charge in [0.2, 0.25) is 5.91 Å². The van der Waals surface area contributed by atoms with Crippen LogP contribution in [0.1, 0.15) is 26.2 Å². The van der Waals surface area contributed by atoms with Gasteiger partial charge in [0.25, 0.3) is 0 Å². The van der Waals surface area contributed by atoms with Crippen molar-refractivity contribution in [2.45, 2.75) is 32.2 Å². The second-order valence-electron chi connectivity index (χ2n) is 5.27. The molecule has 1 atom stereocenters. The van der Waals surface area contributed by atoms with Gasteiger partial charge in [-0.2, -0.15) is 0 Å². The molecule has 1 fully saturated rings. The highest BCUT2D eigenvalue weighted by molar-refractivity contribution is 5.79. The number of piperazine rings is 1. The molecule has 110 valence electrons. The highest BCUT2D eigenvalue weighted by Crippen LogP contribution is 2.16. The van der Waals surface area contributed by atoms with Crippen molar-refractivity contribution >= 4 is 11.7 Å². The predicted octanol–water partition coefficient (Wildman–Crippen LogP) is 1.25. The van der Waals surface area contributed by atoms with Crippen LogP contribution in [0.5, 0.6) is 0 Å². The van der Waals surface area contributed by atoms with Crippen molar-refractivity contribution in [1.82, 2.24) is 9.88 Å². The summed E-state index contributed by atoms with van der Waals surface area (Å²) in [5.74, 6) is 0.820. The SMILES string of the molecule is CCCCC(C(N)=O)N1CCN(c2ccccn2)CC1. The molecule has 0 bridgehead atoms. The van der Waals surface area contributed by atoms with Crippen LogP contribution in [-0.4, -0.2) is 48.0 Å². The van der Waals surface area contributed by atoms with Crippen LogP contribution in [0.25, 0.3) is 0 Å². The van der Waals surface area contributed by atoms with E-state index in [4.69, 9.17) is 5.73 Å². The minimum absolute atomic E-state index is 0.110. The predicted molar refractivity (Wildman–Crippen MR) is 80.5 cm³/mol. The highest BCUT2D eigenvalue weighted by atomic mass is 16.1. The van der Waals surface area contributed by atoms with Crippen molar-refractivity contribution in [1.29, 1.82) is 0 Å². The number of carbonyl (C=O) groups excluding carboxylic acids is 1. The molecule has 0 spiro atoms. The summed E-state index contributed by atoms with van der Waals surface area (Å²) in [7, 11) is 0. The van der Waals surface area contributed by atoms with Gasteiger partial charge in [-0.25, -0.2) is 4.98 Å². The fourth-order valence-electron chi connectivity index (χ4n) is 2.71. The van der Waals surface area contributed by atoms with Gasteiger partial charge >= 0.3 is 0 Å². The molecule has 2 N–H and O–H groups in total.